The van der Waals surface area contributed by atoms with Crippen molar-refractivity contribution in [3.63, 3.8) is 0 Å². The molecule has 1 fully saturated rings. The lowest BCUT2D eigenvalue weighted by atomic mass is 9.94. The smallest absolute Gasteiger partial charge is 0.175 e. The molecule has 2 aromatic rings. The number of hydrogen-bond donors (Lipinski definition) is 0. The van der Waals surface area contributed by atoms with E-state index in [0.29, 0.717) is 10.5 Å². The van der Waals surface area contributed by atoms with Gasteiger partial charge in [0, 0.05) is 11.7 Å². The number of sulfone groups is 1. The van der Waals surface area contributed by atoms with Crippen molar-refractivity contribution in [1.82, 2.24) is 0 Å². The van der Waals surface area contributed by atoms with Gasteiger partial charge in [0.05, 0.1) is 16.5 Å². The van der Waals surface area contributed by atoms with Crippen LogP contribution >= 0.6 is 0 Å². The van der Waals surface area contributed by atoms with Gasteiger partial charge in [-0.15, -0.1) is 0 Å². The molecular weight excluding hydrogens is 330 g/mol. The lowest BCUT2D eigenvalue weighted by Gasteiger charge is -2.10. The Bertz CT molecular complexity index is 1050. The molecule has 0 amide bonds. The summed E-state index contributed by atoms with van der Waals surface area (Å²) in [6, 6.07) is 16.8. The summed E-state index contributed by atoms with van der Waals surface area (Å²) < 4.78 is 23.3. The normalized spacial score (nSPS) is 17.8. The number of nitriles is 1. The zero-order valence-electron chi connectivity index (χ0n) is 13.9. The highest BCUT2D eigenvalue weighted by Crippen LogP contribution is 2.57. The van der Waals surface area contributed by atoms with Crippen LogP contribution < -0.4 is 0 Å². The van der Waals surface area contributed by atoms with E-state index in [1.165, 1.54) is 6.26 Å². The van der Waals surface area contributed by atoms with Gasteiger partial charge in [-0.1, -0.05) is 36.4 Å². The molecule has 0 aliphatic heterocycles. The highest BCUT2D eigenvalue weighted by molar-refractivity contribution is 7.90. The number of hydrogen-bond acceptors (Lipinski definition) is 3. The Hall–Kier alpha value is -2.64. The van der Waals surface area contributed by atoms with Gasteiger partial charge in [-0.3, -0.25) is 0 Å². The highest BCUT2D eigenvalue weighted by atomic mass is 32.2. The predicted molar refractivity (Wildman–Crippen MR) is 98.3 cm³/mol. The topological polar surface area (TPSA) is 57.9 Å². The van der Waals surface area contributed by atoms with Crippen LogP contribution in [0, 0.1) is 16.7 Å². The first-order valence-corrected chi connectivity index (χ1v) is 10.1. The molecule has 2 aliphatic rings. The first-order valence-electron chi connectivity index (χ1n) is 8.17. The number of allylic oxidation sites excluding steroid dienone is 4. The Kier molecular flexibility index (Phi) is 3.45. The van der Waals surface area contributed by atoms with Crippen molar-refractivity contribution < 1.29 is 8.42 Å². The highest BCUT2D eigenvalue weighted by Gasteiger charge is 2.43. The summed E-state index contributed by atoms with van der Waals surface area (Å²) in [4.78, 5) is 0.333. The van der Waals surface area contributed by atoms with Crippen molar-refractivity contribution in [3.8, 4) is 6.07 Å². The zero-order valence-corrected chi connectivity index (χ0v) is 14.7. The van der Waals surface area contributed by atoms with E-state index in [1.807, 2.05) is 36.4 Å². The second-order valence-electron chi connectivity index (χ2n) is 6.83. The molecule has 0 N–H and O–H groups in total. The summed E-state index contributed by atoms with van der Waals surface area (Å²) in [5.41, 5.74) is 5.21. The Morgan fingerprint density at radius 2 is 1.36 bits per heavy atom. The van der Waals surface area contributed by atoms with Crippen LogP contribution in [0.2, 0.25) is 0 Å². The monoisotopic (exact) mass is 347 g/mol. The molecular formula is C21H17NO2S. The van der Waals surface area contributed by atoms with Crippen LogP contribution in [0.25, 0.3) is 11.1 Å². The van der Waals surface area contributed by atoms with Crippen LogP contribution in [0.5, 0.6) is 0 Å². The molecule has 0 heterocycles. The van der Waals surface area contributed by atoms with Gasteiger partial charge in [0.2, 0.25) is 0 Å². The molecule has 25 heavy (non-hydrogen) atoms. The average molecular weight is 347 g/mol. The van der Waals surface area contributed by atoms with Gasteiger partial charge in [0.25, 0.3) is 0 Å². The molecule has 124 valence electrons. The van der Waals surface area contributed by atoms with Crippen LogP contribution in [0.15, 0.2) is 65.6 Å². The third kappa shape index (κ3) is 2.92. The molecule has 0 atom stereocenters. The maximum atomic E-state index is 11.7. The Morgan fingerprint density at radius 3 is 1.76 bits per heavy atom. The minimum absolute atomic E-state index is 0.161. The first-order chi connectivity index (χ1) is 11.9. The van der Waals surface area contributed by atoms with Crippen molar-refractivity contribution in [2.24, 2.45) is 5.41 Å². The molecule has 2 aliphatic carbocycles. The van der Waals surface area contributed by atoms with Crippen molar-refractivity contribution in [2.45, 2.75) is 17.7 Å². The van der Waals surface area contributed by atoms with Crippen LogP contribution in [-0.2, 0) is 9.84 Å². The van der Waals surface area contributed by atoms with E-state index in [-0.39, 0.29) is 5.41 Å². The fourth-order valence-electron chi connectivity index (χ4n) is 3.29. The number of benzene rings is 2. The molecule has 1 saturated carbocycles. The van der Waals surface area contributed by atoms with E-state index in [2.05, 4.69) is 18.2 Å². The summed E-state index contributed by atoms with van der Waals surface area (Å²) in [5, 5.41) is 8.98. The van der Waals surface area contributed by atoms with E-state index in [4.69, 9.17) is 5.26 Å². The van der Waals surface area contributed by atoms with Gasteiger partial charge in [-0.2, -0.15) is 5.26 Å². The largest absolute Gasteiger partial charge is 0.224 e. The third-order valence-corrected chi connectivity index (χ3v) is 6.03. The third-order valence-electron chi connectivity index (χ3n) is 4.90. The maximum Gasteiger partial charge on any atom is 0.175 e. The fraction of sp³-hybridized carbons (Fsp3) is 0.190. The summed E-state index contributed by atoms with van der Waals surface area (Å²) in [6.45, 7) is 0. The maximum absolute atomic E-state index is 11.7. The minimum Gasteiger partial charge on any atom is -0.224 e. The minimum atomic E-state index is -3.19. The molecule has 1 spiro atoms. The molecule has 4 rings (SSSR count). The molecule has 0 bridgehead atoms. The van der Waals surface area contributed by atoms with Crippen LogP contribution in [0.3, 0.4) is 0 Å². The van der Waals surface area contributed by atoms with Crippen molar-refractivity contribution in [2.75, 3.05) is 6.26 Å². The van der Waals surface area contributed by atoms with E-state index in [0.717, 1.165) is 35.1 Å². The number of nitrogens with zero attached hydrogens (tertiary/aromatic N) is 1. The van der Waals surface area contributed by atoms with Gasteiger partial charge >= 0.3 is 0 Å². The molecule has 3 nitrogen and oxygen atoms in total. The lowest BCUT2D eigenvalue weighted by Crippen LogP contribution is -1.97. The van der Waals surface area contributed by atoms with Crippen molar-refractivity contribution in [1.29, 1.82) is 5.26 Å². The SMILES string of the molecule is CS(=O)(=O)c1ccc(C2=CC3(C=C2c2ccc(C#N)cc2)CC3)cc1. The van der Waals surface area contributed by atoms with Gasteiger partial charge in [0.1, 0.15) is 0 Å². The summed E-state index contributed by atoms with van der Waals surface area (Å²) in [7, 11) is -3.19. The first kappa shape index (κ1) is 15.9. The fourth-order valence-corrected chi connectivity index (χ4v) is 3.92. The lowest BCUT2D eigenvalue weighted by molar-refractivity contribution is 0.602. The van der Waals surface area contributed by atoms with Crippen LogP contribution in [0.4, 0.5) is 0 Å². The van der Waals surface area contributed by atoms with Crippen molar-refractivity contribution >= 4 is 21.0 Å². The van der Waals surface area contributed by atoms with Gasteiger partial charge in [0.15, 0.2) is 9.84 Å². The molecule has 0 unspecified atom stereocenters. The predicted octanol–water partition coefficient (Wildman–Crippen LogP) is 4.22. The van der Waals surface area contributed by atoms with E-state index >= 15 is 0 Å². The van der Waals surface area contributed by atoms with Crippen LogP contribution in [0.1, 0.15) is 29.5 Å². The second kappa shape index (κ2) is 5.44. The van der Waals surface area contributed by atoms with E-state index < -0.39 is 9.84 Å². The van der Waals surface area contributed by atoms with Gasteiger partial charge < -0.3 is 0 Å². The van der Waals surface area contributed by atoms with E-state index in [1.54, 1.807) is 12.1 Å². The van der Waals surface area contributed by atoms with E-state index in [9.17, 15) is 8.42 Å². The van der Waals surface area contributed by atoms with Crippen LogP contribution in [-0.4, -0.2) is 14.7 Å². The average Bonchev–Trinajstić information content (AvgIpc) is 3.25. The standard InChI is InChI=1S/C21H17NO2S/c1-25(23,24)18-8-6-17(7-9-18)20-13-21(10-11-21)12-19(20)16-4-2-15(14-22)3-5-16/h2-9,12-13H,10-11H2,1H3. The summed E-state index contributed by atoms with van der Waals surface area (Å²) in [5.74, 6) is 0. The van der Waals surface area contributed by atoms with Crippen molar-refractivity contribution in [3.05, 3.63) is 77.4 Å². The summed E-state index contributed by atoms with van der Waals surface area (Å²) in [6.07, 6.45) is 8.14. The Balaban J connectivity index is 1.75. The summed E-state index contributed by atoms with van der Waals surface area (Å²) >= 11 is 0. The second-order valence-corrected chi connectivity index (χ2v) is 8.85. The van der Waals surface area contributed by atoms with Gasteiger partial charge in [-0.05, 0) is 59.4 Å². The van der Waals surface area contributed by atoms with Gasteiger partial charge in [-0.25, -0.2) is 8.42 Å². The Morgan fingerprint density at radius 1 is 0.880 bits per heavy atom. The molecule has 0 radical (unpaired) electrons. The number of rotatable bonds is 3. The molecule has 2 aromatic carbocycles. The molecule has 0 aromatic heterocycles. The zero-order chi connectivity index (χ0) is 17.7. The quantitative estimate of drug-likeness (QED) is 0.835. The molecule has 0 saturated heterocycles. The molecule has 4 heteroatoms. The Labute approximate surface area is 147 Å².